The van der Waals surface area contributed by atoms with Crippen LogP contribution in [0.2, 0.25) is 0 Å². The lowest BCUT2D eigenvalue weighted by atomic mass is 9.98. The Labute approximate surface area is 264 Å². The molecule has 0 radical (unpaired) electrons. The molecular formula is C34H45F2N3O6. The minimum absolute atomic E-state index is 0.0536. The molecule has 45 heavy (non-hydrogen) atoms. The summed E-state index contributed by atoms with van der Waals surface area (Å²) in [6, 6.07) is 11.3. The summed E-state index contributed by atoms with van der Waals surface area (Å²) in [6.07, 6.45) is -0.685. The molecule has 0 aromatic heterocycles. The molecule has 2 fully saturated rings. The lowest BCUT2D eigenvalue weighted by Crippen LogP contribution is -2.50. The van der Waals surface area contributed by atoms with Crippen LogP contribution in [0.3, 0.4) is 0 Å². The third kappa shape index (κ3) is 10.1. The Morgan fingerprint density at radius 3 is 2.18 bits per heavy atom. The van der Waals surface area contributed by atoms with Gasteiger partial charge in [-0.25, -0.2) is 18.4 Å². The van der Waals surface area contributed by atoms with Crippen molar-refractivity contribution >= 4 is 18.1 Å². The molecule has 2 aromatic carbocycles. The predicted octanol–water partition coefficient (Wildman–Crippen LogP) is 6.02. The number of hydrogen-bond acceptors (Lipinski definition) is 6. The van der Waals surface area contributed by atoms with Crippen LogP contribution < -0.4 is 5.32 Å². The fourth-order valence-electron chi connectivity index (χ4n) is 5.39. The van der Waals surface area contributed by atoms with Crippen molar-refractivity contribution in [3.05, 3.63) is 59.4 Å². The molecule has 0 saturated carbocycles. The van der Waals surface area contributed by atoms with Crippen LogP contribution in [0.4, 0.5) is 18.4 Å². The zero-order valence-corrected chi connectivity index (χ0v) is 26.8. The lowest BCUT2D eigenvalue weighted by Gasteiger charge is -2.31. The molecule has 2 saturated heterocycles. The van der Waals surface area contributed by atoms with Crippen molar-refractivity contribution in [3.8, 4) is 11.1 Å². The first-order chi connectivity index (χ1) is 21.3. The molecule has 0 bridgehead atoms. The number of nitrogens with zero attached hydrogens (tertiary/aromatic N) is 2. The number of ether oxygens (including phenoxy) is 3. The van der Waals surface area contributed by atoms with E-state index in [1.54, 1.807) is 37.8 Å². The van der Waals surface area contributed by atoms with Gasteiger partial charge >= 0.3 is 12.2 Å². The standard InChI is InChI=1S/C34H45F2N3O6/c1-22(2)44-33(42)38-16-13-28(14-17-38)43-21-23-6-8-24(9-7-23)25-10-11-26(29(36)18-25)19-30(37-32(41)45-34(3,4)5)31(40)39-15-12-27(35)20-39/h6-11,18,22,27-28,30H,12-17,19-21H2,1-5H3,(H,37,41)/t27-,30?/m0/s1. The van der Waals surface area contributed by atoms with Gasteiger partial charge in [0.25, 0.3) is 0 Å². The van der Waals surface area contributed by atoms with Gasteiger partial charge in [0.2, 0.25) is 5.91 Å². The summed E-state index contributed by atoms with van der Waals surface area (Å²) < 4.78 is 45.9. The maximum atomic E-state index is 15.4. The molecule has 0 aliphatic carbocycles. The van der Waals surface area contributed by atoms with Gasteiger partial charge in [0, 0.05) is 26.1 Å². The third-order valence-electron chi connectivity index (χ3n) is 7.72. The number of amides is 3. The fraction of sp³-hybridized carbons (Fsp3) is 0.559. The van der Waals surface area contributed by atoms with E-state index in [0.717, 1.165) is 24.0 Å². The van der Waals surface area contributed by atoms with Gasteiger partial charge in [0.1, 0.15) is 23.6 Å². The first-order valence-electron chi connectivity index (χ1n) is 15.6. The monoisotopic (exact) mass is 629 g/mol. The zero-order valence-electron chi connectivity index (χ0n) is 26.8. The summed E-state index contributed by atoms with van der Waals surface area (Å²) in [6.45, 7) is 10.6. The second-order valence-electron chi connectivity index (χ2n) is 13.0. The van der Waals surface area contributed by atoms with Crippen LogP contribution in [0.25, 0.3) is 11.1 Å². The van der Waals surface area contributed by atoms with E-state index >= 15 is 4.39 Å². The first kappa shape index (κ1) is 34.1. The Morgan fingerprint density at radius 1 is 0.956 bits per heavy atom. The third-order valence-corrected chi connectivity index (χ3v) is 7.72. The second-order valence-corrected chi connectivity index (χ2v) is 13.0. The average molecular weight is 630 g/mol. The highest BCUT2D eigenvalue weighted by atomic mass is 19.1. The summed E-state index contributed by atoms with van der Waals surface area (Å²) in [7, 11) is 0. The number of carbonyl (C=O) groups excluding carboxylic acids is 3. The quantitative estimate of drug-likeness (QED) is 0.364. The predicted molar refractivity (Wildman–Crippen MR) is 166 cm³/mol. The Kier molecular flexibility index (Phi) is 11.4. The average Bonchev–Trinajstić information content (AvgIpc) is 3.41. The van der Waals surface area contributed by atoms with E-state index in [2.05, 4.69) is 5.32 Å². The van der Waals surface area contributed by atoms with Crippen LogP contribution in [0.5, 0.6) is 0 Å². The van der Waals surface area contributed by atoms with Gasteiger partial charge in [-0.1, -0.05) is 36.4 Å². The summed E-state index contributed by atoms with van der Waals surface area (Å²) in [5.41, 5.74) is 1.91. The molecule has 2 aliphatic heterocycles. The van der Waals surface area contributed by atoms with Crippen molar-refractivity contribution in [3.63, 3.8) is 0 Å². The smallest absolute Gasteiger partial charge is 0.410 e. The van der Waals surface area contributed by atoms with Crippen molar-refractivity contribution in [1.29, 1.82) is 0 Å². The highest BCUT2D eigenvalue weighted by Gasteiger charge is 2.33. The van der Waals surface area contributed by atoms with Crippen LogP contribution >= 0.6 is 0 Å². The summed E-state index contributed by atoms with van der Waals surface area (Å²) in [4.78, 5) is 40.9. The maximum Gasteiger partial charge on any atom is 0.410 e. The van der Waals surface area contributed by atoms with Gasteiger partial charge in [-0.2, -0.15) is 0 Å². The number of benzene rings is 2. The van der Waals surface area contributed by atoms with E-state index in [-0.39, 0.29) is 49.8 Å². The van der Waals surface area contributed by atoms with E-state index in [4.69, 9.17) is 14.2 Å². The Morgan fingerprint density at radius 2 is 1.60 bits per heavy atom. The van der Waals surface area contributed by atoms with Crippen LogP contribution in [0.1, 0.15) is 65.0 Å². The summed E-state index contributed by atoms with van der Waals surface area (Å²) in [5, 5.41) is 2.57. The van der Waals surface area contributed by atoms with Crippen LogP contribution in [0.15, 0.2) is 42.5 Å². The number of alkyl halides is 1. The maximum absolute atomic E-state index is 15.4. The van der Waals surface area contributed by atoms with Gasteiger partial charge in [-0.15, -0.1) is 0 Å². The number of alkyl carbamates (subject to hydrolysis) is 1. The number of likely N-dealkylation sites (tertiary alicyclic amines) is 2. The Hall–Kier alpha value is -3.73. The van der Waals surface area contributed by atoms with E-state index in [0.29, 0.717) is 25.3 Å². The van der Waals surface area contributed by atoms with E-state index in [1.165, 1.54) is 11.0 Å². The van der Waals surface area contributed by atoms with Gasteiger partial charge < -0.3 is 29.3 Å². The van der Waals surface area contributed by atoms with Crippen LogP contribution in [-0.4, -0.2) is 84.1 Å². The number of hydrogen-bond donors (Lipinski definition) is 1. The van der Waals surface area contributed by atoms with Gasteiger partial charge in [0.15, 0.2) is 0 Å². The highest BCUT2D eigenvalue weighted by molar-refractivity contribution is 5.86. The molecule has 2 atom stereocenters. The summed E-state index contributed by atoms with van der Waals surface area (Å²) in [5.74, 6) is -0.987. The van der Waals surface area contributed by atoms with E-state index in [9.17, 15) is 18.8 Å². The minimum Gasteiger partial charge on any atom is -0.447 e. The molecule has 246 valence electrons. The number of nitrogens with one attached hydrogen (secondary N) is 1. The van der Waals surface area contributed by atoms with E-state index in [1.807, 2.05) is 38.1 Å². The number of halogens is 2. The lowest BCUT2D eigenvalue weighted by molar-refractivity contribution is -0.132. The van der Waals surface area contributed by atoms with Crippen LogP contribution in [0, 0.1) is 5.82 Å². The SMILES string of the molecule is CC(C)OC(=O)N1CCC(OCc2ccc(-c3ccc(CC(NC(=O)OC(C)(C)C)C(=O)N4CC[C@H](F)C4)c(F)c3)cc2)CC1. The molecule has 2 aliphatic rings. The molecule has 2 aromatic rings. The molecule has 11 heteroatoms. The topological polar surface area (TPSA) is 97.4 Å². The first-order valence-corrected chi connectivity index (χ1v) is 15.6. The van der Waals surface area contributed by atoms with Crippen molar-refractivity contribution in [2.45, 2.75) is 96.9 Å². The van der Waals surface area contributed by atoms with Gasteiger partial charge in [-0.05, 0) is 82.2 Å². The number of carbonyl (C=O) groups is 3. The fourth-order valence-corrected chi connectivity index (χ4v) is 5.39. The van der Waals surface area contributed by atoms with Gasteiger partial charge in [0.05, 0.1) is 25.4 Å². The molecule has 4 rings (SSSR count). The molecule has 9 nitrogen and oxygen atoms in total. The van der Waals surface area contributed by atoms with E-state index < -0.39 is 35.6 Å². The normalized spacial score (nSPS) is 18.2. The Bertz CT molecular complexity index is 1320. The zero-order chi connectivity index (χ0) is 32.7. The highest BCUT2D eigenvalue weighted by Crippen LogP contribution is 2.25. The van der Waals surface area contributed by atoms with Crippen molar-refractivity contribution in [1.82, 2.24) is 15.1 Å². The molecule has 1 N–H and O–H groups in total. The number of rotatable bonds is 9. The van der Waals surface area contributed by atoms with Crippen molar-refractivity contribution in [2.24, 2.45) is 0 Å². The number of piperidine rings is 1. The molecule has 0 spiro atoms. The summed E-state index contributed by atoms with van der Waals surface area (Å²) >= 11 is 0. The van der Waals surface area contributed by atoms with Gasteiger partial charge in [-0.3, -0.25) is 4.79 Å². The van der Waals surface area contributed by atoms with Crippen molar-refractivity contribution in [2.75, 3.05) is 26.2 Å². The molecule has 2 heterocycles. The molecule has 3 amide bonds. The largest absolute Gasteiger partial charge is 0.447 e. The van der Waals surface area contributed by atoms with Crippen LogP contribution in [-0.2, 0) is 32.0 Å². The molecular weight excluding hydrogens is 584 g/mol. The molecule has 1 unspecified atom stereocenters. The Balaban J connectivity index is 1.35. The minimum atomic E-state index is -1.12. The van der Waals surface area contributed by atoms with Crippen molar-refractivity contribution < 1.29 is 37.4 Å². The second kappa shape index (κ2) is 15.0.